The molecule has 3 fully saturated rings. The molecule has 0 aromatic heterocycles. The Hall–Kier alpha value is -2.79. The third-order valence-electron chi connectivity index (χ3n) is 10.0. The van der Waals surface area contributed by atoms with Gasteiger partial charge in [0, 0.05) is 44.6 Å². The molecule has 0 spiro atoms. The molecule has 10 heteroatoms. The number of nitrogens with zero attached hydrogens (tertiary/aromatic N) is 2. The normalized spacial score (nSPS) is 25.0. The summed E-state index contributed by atoms with van der Waals surface area (Å²) in [5.41, 5.74) is 1.33. The number of rotatable bonds is 11. The van der Waals surface area contributed by atoms with E-state index < -0.39 is 15.4 Å². The first kappa shape index (κ1) is 30.7. The largest absolute Gasteiger partial charge is 0.497 e. The zero-order valence-electron chi connectivity index (χ0n) is 25.0. The zero-order chi connectivity index (χ0) is 30.1. The van der Waals surface area contributed by atoms with Gasteiger partial charge in [0.1, 0.15) is 11.5 Å². The van der Waals surface area contributed by atoms with Crippen LogP contribution in [0.3, 0.4) is 0 Å². The molecule has 0 N–H and O–H groups in total. The fourth-order valence-corrected chi connectivity index (χ4v) is 9.29. The lowest BCUT2D eigenvalue weighted by molar-refractivity contribution is -0.128. The topological polar surface area (TPSA) is 102 Å². The quantitative estimate of drug-likeness (QED) is 0.357. The van der Waals surface area contributed by atoms with Crippen LogP contribution in [0.5, 0.6) is 5.75 Å². The Balaban J connectivity index is 1.24. The number of fused-ring (bicyclic) bond motifs is 2. The van der Waals surface area contributed by atoms with Gasteiger partial charge in [-0.1, -0.05) is 38.1 Å². The molecule has 0 unspecified atom stereocenters. The van der Waals surface area contributed by atoms with E-state index in [4.69, 9.17) is 14.2 Å². The van der Waals surface area contributed by atoms with Crippen LogP contribution < -0.4 is 4.74 Å². The van der Waals surface area contributed by atoms with Gasteiger partial charge in [0.05, 0.1) is 38.2 Å². The number of ketones is 1. The number of carbonyl (C=O) groups is 2. The summed E-state index contributed by atoms with van der Waals surface area (Å²) in [6.45, 7) is 6.99. The van der Waals surface area contributed by atoms with Crippen LogP contribution in [-0.4, -0.2) is 82.1 Å². The van der Waals surface area contributed by atoms with Gasteiger partial charge in [-0.2, -0.15) is 4.31 Å². The summed E-state index contributed by atoms with van der Waals surface area (Å²) in [5, 5.41) is 0. The van der Waals surface area contributed by atoms with Crippen molar-refractivity contribution in [2.45, 2.75) is 45.8 Å². The van der Waals surface area contributed by atoms with Crippen molar-refractivity contribution in [1.82, 2.24) is 9.21 Å². The van der Waals surface area contributed by atoms with Crippen LogP contribution in [0.25, 0.3) is 0 Å². The monoisotopic (exact) mass is 598 g/mol. The summed E-state index contributed by atoms with van der Waals surface area (Å²) in [5.74, 6) is 0.688. The summed E-state index contributed by atoms with van der Waals surface area (Å²) < 4.78 is 45.4. The minimum Gasteiger partial charge on any atom is -0.497 e. The van der Waals surface area contributed by atoms with Crippen LogP contribution in [0.15, 0.2) is 48.5 Å². The molecule has 2 bridgehead atoms. The fraction of sp³-hybridized carbons (Fsp3) is 0.562. The van der Waals surface area contributed by atoms with Gasteiger partial charge in [0.15, 0.2) is 0 Å². The first-order valence-electron chi connectivity index (χ1n) is 14.7. The SMILES string of the molecule is COC(=O)c1ccc(CO[C@H](CN2CCN(S(=O)(=O)C[C@@]34CC[C@@H](CC3=O)C4(C)C)CC2)c2cccc(OC)c2)cc1. The van der Waals surface area contributed by atoms with E-state index in [2.05, 4.69) is 18.7 Å². The zero-order valence-corrected chi connectivity index (χ0v) is 25.8. The van der Waals surface area contributed by atoms with E-state index in [1.165, 1.54) is 7.11 Å². The molecule has 5 rings (SSSR count). The second-order valence-corrected chi connectivity index (χ2v) is 14.4. The average Bonchev–Trinajstić information content (AvgIpc) is 3.33. The number of hydrogen-bond acceptors (Lipinski definition) is 8. The predicted molar refractivity (Wildman–Crippen MR) is 159 cm³/mol. The summed E-state index contributed by atoms with van der Waals surface area (Å²) in [4.78, 5) is 27.0. The molecule has 42 heavy (non-hydrogen) atoms. The number of esters is 1. The van der Waals surface area contributed by atoms with Crippen molar-refractivity contribution in [3.63, 3.8) is 0 Å². The Kier molecular flexibility index (Phi) is 8.81. The molecular formula is C32H42N2O7S. The number of carbonyl (C=O) groups excluding carboxylic acids is 2. The van der Waals surface area contributed by atoms with E-state index in [1.807, 2.05) is 36.4 Å². The molecule has 2 saturated carbocycles. The Labute approximate surface area is 249 Å². The average molecular weight is 599 g/mol. The molecule has 3 atom stereocenters. The third-order valence-corrected chi connectivity index (χ3v) is 12.0. The minimum atomic E-state index is -3.58. The summed E-state index contributed by atoms with van der Waals surface area (Å²) in [6.07, 6.45) is 1.84. The fourth-order valence-electron chi connectivity index (χ4n) is 7.08. The molecule has 3 aliphatic rings. The molecule has 228 valence electrons. The lowest BCUT2D eigenvalue weighted by atomic mass is 9.70. The van der Waals surface area contributed by atoms with E-state index >= 15 is 0 Å². The molecule has 2 aromatic carbocycles. The number of hydrogen-bond donors (Lipinski definition) is 0. The maximum absolute atomic E-state index is 13.6. The van der Waals surface area contributed by atoms with Gasteiger partial charge in [0.2, 0.25) is 10.0 Å². The standard InChI is InChI=1S/C32H42N2O7S/c1-31(2)26-12-13-32(31,29(35)19-26)22-42(37,38)34-16-14-33(15-17-34)20-28(25-6-5-7-27(18-25)39-3)41-21-23-8-10-24(11-9-23)30(36)40-4/h5-11,18,26,28H,12-17,19-22H2,1-4H3/t26-,28+,32-/m0/s1. The van der Waals surface area contributed by atoms with Crippen LogP contribution in [0.2, 0.25) is 0 Å². The van der Waals surface area contributed by atoms with Gasteiger partial charge in [-0.3, -0.25) is 9.69 Å². The van der Waals surface area contributed by atoms with Gasteiger partial charge in [-0.15, -0.1) is 0 Å². The predicted octanol–water partition coefficient (Wildman–Crippen LogP) is 4.08. The second kappa shape index (κ2) is 12.1. The lowest BCUT2D eigenvalue weighted by Crippen LogP contribution is -2.53. The highest BCUT2D eigenvalue weighted by Crippen LogP contribution is 2.64. The van der Waals surface area contributed by atoms with Crippen LogP contribution >= 0.6 is 0 Å². The van der Waals surface area contributed by atoms with Crippen molar-refractivity contribution in [2.24, 2.45) is 16.7 Å². The van der Waals surface area contributed by atoms with Crippen molar-refractivity contribution < 1.29 is 32.2 Å². The number of Topliss-reactive ketones (excluding diaryl/α,β-unsaturated/α-hetero) is 1. The van der Waals surface area contributed by atoms with E-state index in [9.17, 15) is 18.0 Å². The van der Waals surface area contributed by atoms with Crippen LogP contribution in [0.4, 0.5) is 0 Å². The molecule has 2 aliphatic carbocycles. The van der Waals surface area contributed by atoms with Crippen molar-refractivity contribution in [3.05, 3.63) is 65.2 Å². The van der Waals surface area contributed by atoms with Crippen molar-refractivity contribution in [1.29, 1.82) is 0 Å². The smallest absolute Gasteiger partial charge is 0.337 e. The van der Waals surface area contributed by atoms with Crippen LogP contribution in [0, 0.1) is 16.7 Å². The van der Waals surface area contributed by atoms with Gasteiger partial charge < -0.3 is 14.2 Å². The summed E-state index contributed by atoms with van der Waals surface area (Å²) in [7, 11) is -0.597. The first-order chi connectivity index (χ1) is 20.0. The van der Waals surface area contributed by atoms with Gasteiger partial charge in [0.25, 0.3) is 0 Å². The molecule has 1 saturated heterocycles. The van der Waals surface area contributed by atoms with Gasteiger partial charge >= 0.3 is 5.97 Å². The second-order valence-electron chi connectivity index (χ2n) is 12.4. The number of sulfonamides is 1. The van der Waals surface area contributed by atoms with Crippen LogP contribution in [-0.2, 0) is 30.9 Å². The lowest BCUT2D eigenvalue weighted by Gasteiger charge is -2.40. The number of ether oxygens (including phenoxy) is 3. The highest BCUT2D eigenvalue weighted by atomic mass is 32.2. The Morgan fingerprint density at radius 2 is 1.76 bits per heavy atom. The maximum Gasteiger partial charge on any atom is 0.337 e. The number of methoxy groups -OCH3 is 2. The summed E-state index contributed by atoms with van der Waals surface area (Å²) >= 11 is 0. The Morgan fingerprint density at radius 3 is 2.36 bits per heavy atom. The van der Waals surface area contributed by atoms with Crippen molar-refractivity contribution >= 4 is 21.8 Å². The van der Waals surface area contributed by atoms with E-state index in [0.29, 0.717) is 57.7 Å². The molecule has 9 nitrogen and oxygen atoms in total. The first-order valence-corrected chi connectivity index (χ1v) is 16.3. The number of benzene rings is 2. The highest BCUT2D eigenvalue weighted by molar-refractivity contribution is 7.89. The molecule has 1 aliphatic heterocycles. The van der Waals surface area contributed by atoms with E-state index in [1.54, 1.807) is 23.5 Å². The molecule has 2 aromatic rings. The van der Waals surface area contributed by atoms with Crippen molar-refractivity contribution in [3.8, 4) is 5.75 Å². The third kappa shape index (κ3) is 5.86. The van der Waals surface area contributed by atoms with Gasteiger partial charge in [-0.25, -0.2) is 13.2 Å². The van der Waals surface area contributed by atoms with E-state index in [-0.39, 0.29) is 34.9 Å². The van der Waals surface area contributed by atoms with Crippen molar-refractivity contribution in [2.75, 3.05) is 52.7 Å². The molecule has 0 amide bonds. The Morgan fingerprint density at radius 1 is 1.05 bits per heavy atom. The van der Waals surface area contributed by atoms with E-state index in [0.717, 1.165) is 23.3 Å². The summed E-state index contributed by atoms with van der Waals surface area (Å²) in [6, 6.07) is 14.9. The molecular weight excluding hydrogens is 556 g/mol. The molecule has 0 radical (unpaired) electrons. The maximum atomic E-state index is 13.6. The Bertz CT molecular complexity index is 1400. The highest BCUT2D eigenvalue weighted by Gasteiger charge is 2.65. The molecule has 1 heterocycles. The number of piperazine rings is 1. The van der Waals surface area contributed by atoms with Crippen LogP contribution in [0.1, 0.15) is 60.7 Å². The minimum absolute atomic E-state index is 0.0767. The van der Waals surface area contributed by atoms with Gasteiger partial charge in [-0.05, 0) is 59.6 Å².